The molecule has 3 nitrogen and oxygen atoms in total. The molecular weight excluding hydrogens is 357 g/mol. The lowest BCUT2D eigenvalue weighted by Gasteiger charge is -2.18. The molecule has 0 bridgehead atoms. The summed E-state index contributed by atoms with van der Waals surface area (Å²) >= 11 is 3.51. The minimum absolute atomic E-state index is 0.0450. The van der Waals surface area contributed by atoms with Crippen LogP contribution in [0, 0.1) is 5.82 Å². The highest BCUT2D eigenvalue weighted by atomic mass is 79.9. The fourth-order valence-electron chi connectivity index (χ4n) is 2.58. The van der Waals surface area contributed by atoms with Crippen molar-refractivity contribution in [2.24, 2.45) is 0 Å². The van der Waals surface area contributed by atoms with Crippen LogP contribution in [-0.4, -0.2) is 13.2 Å². The van der Waals surface area contributed by atoms with Gasteiger partial charge in [-0.25, -0.2) is 17.5 Å². The monoisotopic (exact) mass is 369 g/mol. The molecule has 3 rings (SSSR count). The highest BCUT2D eigenvalue weighted by Gasteiger charge is 2.34. The molecule has 0 saturated carbocycles. The Morgan fingerprint density at radius 1 is 1.10 bits per heavy atom. The fraction of sp³-hybridized carbons (Fsp3) is 0.200. The van der Waals surface area contributed by atoms with Crippen LogP contribution >= 0.6 is 15.9 Å². The number of fused-ring (bicyclic) bond motifs is 1. The molecule has 0 aromatic heterocycles. The summed E-state index contributed by atoms with van der Waals surface area (Å²) in [5.41, 5.74) is 2.03. The molecule has 2 atom stereocenters. The van der Waals surface area contributed by atoms with Gasteiger partial charge in [0.25, 0.3) is 0 Å². The summed E-state index contributed by atoms with van der Waals surface area (Å²) < 4.78 is 41.1. The first-order valence-electron chi connectivity index (χ1n) is 6.48. The molecule has 0 aliphatic heterocycles. The lowest BCUT2D eigenvalue weighted by atomic mass is 10.1. The number of halogens is 2. The SMILES string of the molecule is O=S(=O)(NC1c2ccccc2CC1Br)c1ccccc1F. The van der Waals surface area contributed by atoms with Gasteiger partial charge in [0, 0.05) is 4.83 Å². The van der Waals surface area contributed by atoms with E-state index in [-0.39, 0.29) is 9.72 Å². The maximum atomic E-state index is 13.7. The smallest absolute Gasteiger partial charge is 0.207 e. The van der Waals surface area contributed by atoms with Crippen molar-refractivity contribution in [2.45, 2.75) is 22.2 Å². The molecular formula is C15H13BrFNO2S. The van der Waals surface area contributed by atoms with Crippen molar-refractivity contribution in [3.63, 3.8) is 0 Å². The van der Waals surface area contributed by atoms with Gasteiger partial charge in [0.1, 0.15) is 10.7 Å². The number of rotatable bonds is 3. The van der Waals surface area contributed by atoms with Crippen LogP contribution in [0.25, 0.3) is 0 Å². The molecule has 2 aromatic rings. The quantitative estimate of drug-likeness (QED) is 0.844. The van der Waals surface area contributed by atoms with E-state index in [9.17, 15) is 12.8 Å². The summed E-state index contributed by atoms with van der Waals surface area (Å²) in [4.78, 5) is -0.370. The van der Waals surface area contributed by atoms with E-state index in [1.807, 2.05) is 24.3 Å². The third-order valence-electron chi connectivity index (χ3n) is 3.58. The molecule has 0 radical (unpaired) electrons. The van der Waals surface area contributed by atoms with Crippen LogP contribution in [0.15, 0.2) is 53.4 Å². The number of hydrogen-bond acceptors (Lipinski definition) is 2. The molecule has 1 N–H and O–H groups in total. The molecule has 6 heteroatoms. The van der Waals surface area contributed by atoms with Gasteiger partial charge in [0.2, 0.25) is 10.0 Å². The average Bonchev–Trinajstić information content (AvgIpc) is 2.75. The van der Waals surface area contributed by atoms with Crippen molar-refractivity contribution >= 4 is 26.0 Å². The van der Waals surface area contributed by atoms with E-state index in [4.69, 9.17) is 0 Å². The van der Waals surface area contributed by atoms with Crippen LogP contribution in [0.4, 0.5) is 4.39 Å². The van der Waals surface area contributed by atoms with Gasteiger partial charge in [-0.05, 0) is 29.7 Å². The van der Waals surface area contributed by atoms with E-state index < -0.39 is 21.9 Å². The molecule has 0 fully saturated rings. The molecule has 0 saturated heterocycles. The zero-order valence-corrected chi connectivity index (χ0v) is 13.4. The van der Waals surface area contributed by atoms with Crippen molar-refractivity contribution in [3.05, 3.63) is 65.5 Å². The van der Waals surface area contributed by atoms with Gasteiger partial charge >= 0.3 is 0 Å². The zero-order chi connectivity index (χ0) is 15.0. The Kier molecular flexibility index (Phi) is 3.86. The van der Waals surface area contributed by atoms with Crippen LogP contribution < -0.4 is 4.72 Å². The number of hydrogen-bond donors (Lipinski definition) is 1. The van der Waals surface area contributed by atoms with E-state index in [0.717, 1.165) is 23.6 Å². The Hall–Kier alpha value is -1.24. The number of alkyl halides is 1. The van der Waals surface area contributed by atoms with E-state index in [1.54, 1.807) is 0 Å². The van der Waals surface area contributed by atoms with Gasteiger partial charge in [-0.3, -0.25) is 0 Å². The average molecular weight is 370 g/mol. The topological polar surface area (TPSA) is 46.2 Å². The highest BCUT2D eigenvalue weighted by molar-refractivity contribution is 9.09. The Balaban J connectivity index is 1.95. The molecule has 1 aliphatic carbocycles. The molecule has 2 unspecified atom stereocenters. The molecule has 21 heavy (non-hydrogen) atoms. The van der Waals surface area contributed by atoms with Gasteiger partial charge in [0.15, 0.2) is 0 Å². The Morgan fingerprint density at radius 3 is 2.52 bits per heavy atom. The second-order valence-electron chi connectivity index (χ2n) is 4.95. The normalized spacial score (nSPS) is 21.2. The fourth-order valence-corrected chi connectivity index (χ4v) is 4.85. The van der Waals surface area contributed by atoms with E-state index in [2.05, 4.69) is 20.7 Å². The summed E-state index contributed by atoms with van der Waals surface area (Å²) in [6.45, 7) is 0. The number of benzene rings is 2. The van der Waals surface area contributed by atoms with Gasteiger partial charge in [0.05, 0.1) is 6.04 Å². The van der Waals surface area contributed by atoms with Crippen LogP contribution in [0.1, 0.15) is 17.2 Å². The first-order chi connectivity index (χ1) is 9.99. The van der Waals surface area contributed by atoms with Crippen LogP contribution in [0.3, 0.4) is 0 Å². The van der Waals surface area contributed by atoms with E-state index in [0.29, 0.717) is 0 Å². The minimum Gasteiger partial charge on any atom is -0.207 e. The molecule has 1 aliphatic rings. The first-order valence-corrected chi connectivity index (χ1v) is 8.87. The third-order valence-corrected chi connectivity index (χ3v) is 5.90. The Morgan fingerprint density at radius 2 is 1.76 bits per heavy atom. The first kappa shape index (κ1) is 14.7. The zero-order valence-electron chi connectivity index (χ0n) is 11.0. The highest BCUT2D eigenvalue weighted by Crippen LogP contribution is 2.36. The predicted molar refractivity (Wildman–Crippen MR) is 82.3 cm³/mol. The Labute approximate surface area is 131 Å². The lowest BCUT2D eigenvalue weighted by Crippen LogP contribution is -2.32. The lowest BCUT2D eigenvalue weighted by molar-refractivity contribution is 0.542. The van der Waals surface area contributed by atoms with Crippen LogP contribution in [0.2, 0.25) is 0 Å². The largest absolute Gasteiger partial charge is 0.244 e. The summed E-state index contributed by atoms with van der Waals surface area (Å²) in [5, 5.41) is 0. The van der Waals surface area contributed by atoms with Crippen molar-refractivity contribution in [2.75, 3.05) is 0 Å². The van der Waals surface area contributed by atoms with Crippen LogP contribution in [-0.2, 0) is 16.4 Å². The Bertz CT molecular complexity index is 779. The van der Waals surface area contributed by atoms with Gasteiger partial charge in [-0.1, -0.05) is 52.3 Å². The van der Waals surface area contributed by atoms with Crippen molar-refractivity contribution in [1.29, 1.82) is 0 Å². The molecule has 0 spiro atoms. The summed E-state index contributed by atoms with van der Waals surface area (Å²) in [6.07, 6.45) is 0.737. The van der Waals surface area contributed by atoms with Crippen molar-refractivity contribution in [1.82, 2.24) is 4.72 Å². The minimum atomic E-state index is -3.91. The summed E-state index contributed by atoms with van der Waals surface area (Å²) in [5.74, 6) is -0.748. The molecule has 2 aromatic carbocycles. The second-order valence-corrected chi connectivity index (χ2v) is 7.81. The second kappa shape index (κ2) is 5.51. The van der Waals surface area contributed by atoms with Crippen LogP contribution in [0.5, 0.6) is 0 Å². The van der Waals surface area contributed by atoms with Gasteiger partial charge in [-0.2, -0.15) is 0 Å². The van der Waals surface area contributed by atoms with Crippen molar-refractivity contribution < 1.29 is 12.8 Å². The predicted octanol–water partition coefficient (Wildman–Crippen LogP) is 3.16. The maximum Gasteiger partial charge on any atom is 0.244 e. The van der Waals surface area contributed by atoms with Gasteiger partial charge in [-0.15, -0.1) is 0 Å². The molecule has 0 amide bonds. The maximum absolute atomic E-state index is 13.7. The van der Waals surface area contributed by atoms with E-state index >= 15 is 0 Å². The number of nitrogens with one attached hydrogen (secondary N) is 1. The van der Waals surface area contributed by atoms with E-state index in [1.165, 1.54) is 18.2 Å². The third kappa shape index (κ3) is 2.75. The standard InChI is InChI=1S/C15H13BrFNO2S/c16-12-9-10-5-1-2-6-11(10)15(12)18-21(19,20)14-8-4-3-7-13(14)17/h1-8,12,15,18H,9H2. The summed E-state index contributed by atoms with van der Waals surface area (Å²) in [7, 11) is -3.91. The number of sulfonamides is 1. The van der Waals surface area contributed by atoms with Gasteiger partial charge < -0.3 is 0 Å². The van der Waals surface area contributed by atoms with Crippen molar-refractivity contribution in [3.8, 4) is 0 Å². The molecule has 110 valence electrons. The summed E-state index contributed by atoms with van der Waals surface area (Å²) in [6, 6.07) is 12.6. The molecule has 0 heterocycles.